The predicted octanol–water partition coefficient (Wildman–Crippen LogP) is 1.86. The van der Waals surface area contributed by atoms with Crippen LogP contribution in [0.2, 0.25) is 0 Å². The Bertz CT molecular complexity index is 710. The molecular weight excluding hydrogens is 352 g/mol. The number of ether oxygens (including phenoxy) is 3. The molecule has 2 rings (SSSR count). The van der Waals surface area contributed by atoms with E-state index in [1.54, 1.807) is 38.1 Å². The van der Waals surface area contributed by atoms with Gasteiger partial charge in [-0.1, -0.05) is 18.2 Å². The first-order valence-corrected chi connectivity index (χ1v) is 8.99. The second kappa shape index (κ2) is 8.52. The first kappa shape index (κ1) is 20.9. The van der Waals surface area contributed by atoms with Crippen LogP contribution in [0.4, 0.5) is 0 Å². The molecular formula is C20H26O7. The molecule has 0 spiro atoms. The Morgan fingerprint density at radius 3 is 2.33 bits per heavy atom. The topological polar surface area (TPSA) is 99.1 Å². The van der Waals surface area contributed by atoms with Gasteiger partial charge in [-0.15, -0.1) is 0 Å². The lowest BCUT2D eigenvalue weighted by Gasteiger charge is -2.43. The molecule has 0 bridgehead atoms. The van der Waals surface area contributed by atoms with Crippen LogP contribution in [0.1, 0.15) is 38.7 Å². The van der Waals surface area contributed by atoms with Gasteiger partial charge in [0.15, 0.2) is 5.78 Å². The number of ketones is 1. The Hall–Kier alpha value is -2.41. The summed E-state index contributed by atoms with van der Waals surface area (Å²) in [6.45, 7) is 4.92. The van der Waals surface area contributed by atoms with Gasteiger partial charge in [0.05, 0.1) is 31.8 Å². The number of esters is 2. The molecule has 0 saturated heterocycles. The van der Waals surface area contributed by atoms with E-state index >= 15 is 0 Å². The van der Waals surface area contributed by atoms with E-state index < -0.39 is 41.1 Å². The molecule has 7 nitrogen and oxygen atoms in total. The normalized spacial score (nSPS) is 27.7. The van der Waals surface area contributed by atoms with Crippen LogP contribution in [0.5, 0.6) is 5.75 Å². The minimum Gasteiger partial charge on any atom is -0.496 e. The molecule has 0 aliphatic heterocycles. The molecule has 0 aromatic heterocycles. The van der Waals surface area contributed by atoms with E-state index in [1.165, 1.54) is 14.0 Å². The maximum atomic E-state index is 12.8. The number of carbonyl (C=O) groups is 3. The Kier molecular flexibility index (Phi) is 6.59. The van der Waals surface area contributed by atoms with Gasteiger partial charge in [0.2, 0.25) is 0 Å². The fourth-order valence-corrected chi connectivity index (χ4v) is 3.80. The molecule has 1 N–H and O–H groups in total. The number of carbonyl (C=O) groups excluding carboxylic acids is 3. The van der Waals surface area contributed by atoms with E-state index in [0.29, 0.717) is 11.3 Å². The summed E-state index contributed by atoms with van der Waals surface area (Å²) in [7, 11) is 1.46. The van der Waals surface area contributed by atoms with Gasteiger partial charge in [0, 0.05) is 12.3 Å². The van der Waals surface area contributed by atoms with E-state index in [9.17, 15) is 19.5 Å². The number of para-hydroxylation sites is 1. The molecule has 1 saturated carbocycles. The molecule has 1 aromatic rings. The van der Waals surface area contributed by atoms with Crippen molar-refractivity contribution < 1.29 is 33.7 Å². The first-order chi connectivity index (χ1) is 12.8. The van der Waals surface area contributed by atoms with Crippen LogP contribution >= 0.6 is 0 Å². The van der Waals surface area contributed by atoms with Crippen molar-refractivity contribution in [3.05, 3.63) is 29.8 Å². The molecule has 27 heavy (non-hydrogen) atoms. The Balaban J connectivity index is 2.67. The van der Waals surface area contributed by atoms with Crippen molar-refractivity contribution in [3.63, 3.8) is 0 Å². The second-order valence-corrected chi connectivity index (χ2v) is 6.73. The Labute approximate surface area is 158 Å². The highest BCUT2D eigenvalue weighted by Gasteiger charge is 2.57. The fraction of sp³-hybridized carbons (Fsp3) is 0.550. The summed E-state index contributed by atoms with van der Waals surface area (Å²) in [5.41, 5.74) is -1.19. The summed E-state index contributed by atoms with van der Waals surface area (Å²) < 4.78 is 15.6. The zero-order valence-corrected chi connectivity index (χ0v) is 16.1. The van der Waals surface area contributed by atoms with Gasteiger partial charge in [-0.05, 0) is 32.4 Å². The second-order valence-electron chi connectivity index (χ2n) is 6.73. The molecule has 0 radical (unpaired) electrons. The number of Topliss-reactive ketones (excluding diaryl/α,β-unsaturated/α-hetero) is 1. The van der Waals surface area contributed by atoms with Crippen molar-refractivity contribution in [2.24, 2.45) is 11.8 Å². The van der Waals surface area contributed by atoms with Crippen molar-refractivity contribution in [3.8, 4) is 5.75 Å². The number of hydrogen-bond donors (Lipinski definition) is 1. The summed E-state index contributed by atoms with van der Waals surface area (Å²) >= 11 is 0. The van der Waals surface area contributed by atoms with Crippen LogP contribution in [0, 0.1) is 11.8 Å². The van der Waals surface area contributed by atoms with E-state index in [1.807, 2.05) is 0 Å². The summed E-state index contributed by atoms with van der Waals surface area (Å²) in [6, 6.07) is 6.81. The van der Waals surface area contributed by atoms with Crippen LogP contribution < -0.4 is 4.74 Å². The van der Waals surface area contributed by atoms with Crippen molar-refractivity contribution in [1.82, 2.24) is 0 Å². The largest absolute Gasteiger partial charge is 0.496 e. The average molecular weight is 378 g/mol. The smallest absolute Gasteiger partial charge is 0.317 e. The minimum absolute atomic E-state index is 0.0989. The van der Waals surface area contributed by atoms with Gasteiger partial charge < -0.3 is 19.3 Å². The maximum Gasteiger partial charge on any atom is 0.317 e. The lowest BCUT2D eigenvalue weighted by molar-refractivity contribution is -0.172. The number of hydrogen-bond acceptors (Lipinski definition) is 7. The first-order valence-electron chi connectivity index (χ1n) is 8.99. The fourth-order valence-electron chi connectivity index (χ4n) is 3.80. The van der Waals surface area contributed by atoms with Gasteiger partial charge in [0.1, 0.15) is 11.7 Å². The summed E-state index contributed by atoms with van der Waals surface area (Å²) in [5.74, 6) is -4.76. The lowest BCUT2D eigenvalue weighted by Crippen LogP contribution is -2.55. The van der Waals surface area contributed by atoms with Crippen molar-refractivity contribution in [2.75, 3.05) is 20.3 Å². The Morgan fingerprint density at radius 1 is 1.15 bits per heavy atom. The molecule has 1 aliphatic rings. The molecule has 7 heteroatoms. The highest BCUT2D eigenvalue weighted by molar-refractivity contribution is 6.03. The average Bonchev–Trinajstić information content (AvgIpc) is 2.60. The number of rotatable bonds is 6. The van der Waals surface area contributed by atoms with E-state index in [0.717, 1.165) is 0 Å². The van der Waals surface area contributed by atoms with Crippen LogP contribution in [0.3, 0.4) is 0 Å². The highest BCUT2D eigenvalue weighted by Crippen LogP contribution is 2.48. The summed E-state index contributed by atoms with van der Waals surface area (Å²) in [4.78, 5) is 38.1. The van der Waals surface area contributed by atoms with Gasteiger partial charge in [-0.3, -0.25) is 14.4 Å². The molecule has 148 valence electrons. The summed E-state index contributed by atoms with van der Waals surface area (Å²) in [6.07, 6.45) is -0.342. The lowest BCUT2D eigenvalue weighted by atomic mass is 9.61. The van der Waals surface area contributed by atoms with Crippen LogP contribution in [-0.4, -0.2) is 48.8 Å². The maximum absolute atomic E-state index is 12.8. The zero-order chi connectivity index (χ0) is 20.2. The number of benzene rings is 1. The van der Waals surface area contributed by atoms with E-state index in [2.05, 4.69) is 0 Å². The van der Waals surface area contributed by atoms with Crippen molar-refractivity contribution in [2.45, 2.75) is 38.7 Å². The zero-order valence-electron chi connectivity index (χ0n) is 16.1. The van der Waals surface area contributed by atoms with Gasteiger partial charge in [-0.2, -0.15) is 0 Å². The molecule has 0 heterocycles. The van der Waals surface area contributed by atoms with Gasteiger partial charge in [0.25, 0.3) is 0 Å². The molecule has 1 aliphatic carbocycles. The van der Waals surface area contributed by atoms with Gasteiger partial charge >= 0.3 is 11.9 Å². The Morgan fingerprint density at radius 2 is 1.74 bits per heavy atom. The number of aliphatic hydroxyl groups is 1. The third-order valence-corrected chi connectivity index (χ3v) is 4.85. The number of methoxy groups -OCH3 is 1. The molecule has 0 unspecified atom stereocenters. The van der Waals surface area contributed by atoms with E-state index in [4.69, 9.17) is 14.2 Å². The highest BCUT2D eigenvalue weighted by atomic mass is 16.5. The molecule has 0 amide bonds. The summed E-state index contributed by atoms with van der Waals surface area (Å²) in [5, 5.41) is 10.9. The third kappa shape index (κ3) is 4.13. The SMILES string of the molecule is CCOC(=O)[C@H]1C(=O)C[C@](C)(O)[C@@H](C(=O)OCC)[C@@H]1c1ccccc1OC. The third-order valence-electron chi connectivity index (χ3n) is 4.85. The standard InChI is InChI=1S/C20H26O7/c1-5-26-18(22)16-13(21)11-20(3,24)17(19(23)27-6-2)15(16)12-9-7-8-10-14(12)25-4/h7-10,15-17,24H,5-6,11H2,1-4H3/t15-,16+,17-,20+/m1/s1. The quantitative estimate of drug-likeness (QED) is 0.596. The molecule has 1 fully saturated rings. The van der Waals surface area contributed by atoms with Crippen molar-refractivity contribution >= 4 is 17.7 Å². The predicted molar refractivity (Wildman–Crippen MR) is 96.2 cm³/mol. The van der Waals surface area contributed by atoms with E-state index in [-0.39, 0.29) is 19.6 Å². The van der Waals surface area contributed by atoms with Crippen LogP contribution in [-0.2, 0) is 23.9 Å². The minimum atomic E-state index is -1.67. The van der Waals surface area contributed by atoms with Crippen LogP contribution in [0.25, 0.3) is 0 Å². The van der Waals surface area contributed by atoms with Crippen LogP contribution in [0.15, 0.2) is 24.3 Å². The molecule has 4 atom stereocenters. The monoisotopic (exact) mass is 378 g/mol. The van der Waals surface area contributed by atoms with Gasteiger partial charge in [-0.25, -0.2) is 0 Å². The van der Waals surface area contributed by atoms with Crippen molar-refractivity contribution in [1.29, 1.82) is 0 Å². The molecule has 1 aromatic carbocycles.